The van der Waals surface area contributed by atoms with E-state index in [0.29, 0.717) is 18.9 Å². The van der Waals surface area contributed by atoms with Gasteiger partial charge < -0.3 is 19.5 Å². The van der Waals surface area contributed by atoms with E-state index in [9.17, 15) is 0 Å². The zero-order valence-electron chi connectivity index (χ0n) is 12.2. The van der Waals surface area contributed by atoms with Gasteiger partial charge in [-0.3, -0.25) is 4.90 Å². The van der Waals surface area contributed by atoms with Crippen LogP contribution >= 0.6 is 0 Å². The molecule has 3 aliphatic heterocycles. The van der Waals surface area contributed by atoms with Crippen molar-refractivity contribution in [3.63, 3.8) is 0 Å². The van der Waals surface area contributed by atoms with Gasteiger partial charge in [0, 0.05) is 25.7 Å². The summed E-state index contributed by atoms with van der Waals surface area (Å²) in [6, 6.07) is 6.78. The molecule has 0 spiro atoms. The summed E-state index contributed by atoms with van der Waals surface area (Å²) in [6.45, 7) is 5.28. The Labute approximate surface area is 125 Å². The molecule has 3 aliphatic rings. The van der Waals surface area contributed by atoms with E-state index in [1.54, 1.807) is 0 Å². The number of hydrogen-bond acceptors (Lipinski definition) is 5. The molecule has 0 saturated carbocycles. The first kappa shape index (κ1) is 13.4. The van der Waals surface area contributed by atoms with Crippen LogP contribution in [0.3, 0.4) is 0 Å². The van der Waals surface area contributed by atoms with Gasteiger partial charge in [0.1, 0.15) is 0 Å². The van der Waals surface area contributed by atoms with E-state index < -0.39 is 0 Å². The Hall–Kier alpha value is -1.30. The minimum absolute atomic E-state index is 0.313. The largest absolute Gasteiger partial charge is 0.454 e. The fraction of sp³-hybridized carbons (Fsp3) is 0.625. The van der Waals surface area contributed by atoms with Crippen LogP contribution in [0.5, 0.6) is 11.5 Å². The van der Waals surface area contributed by atoms with Gasteiger partial charge in [0.05, 0.1) is 12.7 Å². The van der Waals surface area contributed by atoms with Crippen molar-refractivity contribution in [2.75, 3.05) is 33.0 Å². The van der Waals surface area contributed by atoms with Gasteiger partial charge in [-0.25, -0.2) is 0 Å². The van der Waals surface area contributed by atoms with E-state index >= 15 is 0 Å². The Bertz CT molecular complexity index is 508. The summed E-state index contributed by atoms with van der Waals surface area (Å²) in [5.74, 6) is 1.69. The maximum Gasteiger partial charge on any atom is 0.231 e. The van der Waals surface area contributed by atoms with Crippen molar-refractivity contribution in [1.82, 2.24) is 10.2 Å². The van der Waals surface area contributed by atoms with Crippen LogP contribution in [0.4, 0.5) is 0 Å². The quantitative estimate of drug-likeness (QED) is 0.907. The summed E-state index contributed by atoms with van der Waals surface area (Å²) in [5, 5.41) is 3.49. The van der Waals surface area contributed by atoms with Crippen LogP contribution < -0.4 is 14.8 Å². The first-order valence-corrected chi connectivity index (χ1v) is 7.83. The molecule has 114 valence electrons. The lowest BCUT2D eigenvalue weighted by Gasteiger charge is -2.35. The summed E-state index contributed by atoms with van der Waals surface area (Å²) in [6.07, 6.45) is 2.94. The van der Waals surface area contributed by atoms with E-state index in [0.717, 1.165) is 37.7 Å². The van der Waals surface area contributed by atoms with Gasteiger partial charge in [-0.2, -0.15) is 0 Å². The molecule has 1 aromatic rings. The molecular weight excluding hydrogens is 268 g/mol. The van der Waals surface area contributed by atoms with Crippen LogP contribution in [0.25, 0.3) is 0 Å². The highest BCUT2D eigenvalue weighted by molar-refractivity contribution is 5.44. The highest BCUT2D eigenvalue weighted by Crippen LogP contribution is 2.32. The first-order valence-electron chi connectivity index (χ1n) is 7.83. The SMILES string of the molecule is c1cc2c(cc1CNCC1CN3CCCC3CO1)OCO2. The molecule has 0 radical (unpaired) electrons. The Kier molecular flexibility index (Phi) is 3.71. The normalized spacial score (nSPS) is 27.8. The summed E-state index contributed by atoms with van der Waals surface area (Å²) >= 11 is 0. The molecule has 3 heterocycles. The number of nitrogens with zero attached hydrogens (tertiary/aromatic N) is 1. The molecule has 2 atom stereocenters. The van der Waals surface area contributed by atoms with E-state index in [4.69, 9.17) is 14.2 Å². The molecular formula is C16H22N2O3. The van der Waals surface area contributed by atoms with Crippen molar-refractivity contribution < 1.29 is 14.2 Å². The average molecular weight is 290 g/mol. The third-order valence-corrected chi connectivity index (χ3v) is 4.60. The average Bonchev–Trinajstić information content (AvgIpc) is 3.14. The standard InChI is InChI=1S/C16H22N2O3/c1-2-13-10-19-14(9-18(13)5-1)8-17-7-12-3-4-15-16(6-12)21-11-20-15/h3-4,6,13-14,17H,1-2,5,7-11H2. The summed E-state index contributed by atoms with van der Waals surface area (Å²) < 4.78 is 16.7. The first-order chi connectivity index (χ1) is 10.4. The van der Waals surface area contributed by atoms with Crippen LogP contribution in [0.1, 0.15) is 18.4 Å². The van der Waals surface area contributed by atoms with Gasteiger partial charge in [-0.1, -0.05) is 6.07 Å². The van der Waals surface area contributed by atoms with E-state index in [1.807, 2.05) is 12.1 Å². The second kappa shape index (κ2) is 5.83. The number of ether oxygens (including phenoxy) is 3. The third kappa shape index (κ3) is 2.86. The van der Waals surface area contributed by atoms with Gasteiger partial charge >= 0.3 is 0 Å². The van der Waals surface area contributed by atoms with Gasteiger partial charge in [-0.15, -0.1) is 0 Å². The molecule has 0 aromatic heterocycles. The van der Waals surface area contributed by atoms with Gasteiger partial charge in [0.25, 0.3) is 0 Å². The Morgan fingerprint density at radius 1 is 1.24 bits per heavy atom. The predicted octanol–water partition coefficient (Wildman–Crippen LogP) is 1.37. The van der Waals surface area contributed by atoms with Crippen LogP contribution in [0.2, 0.25) is 0 Å². The number of benzene rings is 1. The lowest BCUT2D eigenvalue weighted by Crippen LogP contribution is -2.49. The van der Waals surface area contributed by atoms with Crippen molar-refractivity contribution >= 4 is 0 Å². The minimum atomic E-state index is 0.313. The maximum absolute atomic E-state index is 5.95. The highest BCUT2D eigenvalue weighted by Gasteiger charge is 2.31. The van der Waals surface area contributed by atoms with Gasteiger partial charge in [0.2, 0.25) is 6.79 Å². The van der Waals surface area contributed by atoms with Crippen LogP contribution in [0, 0.1) is 0 Å². The van der Waals surface area contributed by atoms with Crippen molar-refractivity contribution in [2.45, 2.75) is 31.5 Å². The number of rotatable bonds is 4. The van der Waals surface area contributed by atoms with E-state index in [2.05, 4.69) is 16.3 Å². The number of hydrogen-bond donors (Lipinski definition) is 1. The zero-order valence-corrected chi connectivity index (χ0v) is 12.2. The summed E-state index contributed by atoms with van der Waals surface area (Å²) in [7, 11) is 0. The van der Waals surface area contributed by atoms with Crippen molar-refractivity contribution in [3.8, 4) is 11.5 Å². The molecule has 5 nitrogen and oxygen atoms in total. The van der Waals surface area contributed by atoms with Crippen molar-refractivity contribution in [1.29, 1.82) is 0 Å². The molecule has 1 N–H and O–H groups in total. The molecule has 0 bridgehead atoms. The molecule has 5 heteroatoms. The van der Waals surface area contributed by atoms with Gasteiger partial charge in [0.15, 0.2) is 11.5 Å². The lowest BCUT2D eigenvalue weighted by molar-refractivity contribution is -0.0470. The Balaban J connectivity index is 1.26. The second-order valence-electron chi connectivity index (χ2n) is 6.06. The smallest absolute Gasteiger partial charge is 0.231 e. The van der Waals surface area contributed by atoms with Crippen molar-refractivity contribution in [2.24, 2.45) is 0 Å². The van der Waals surface area contributed by atoms with Crippen molar-refractivity contribution in [3.05, 3.63) is 23.8 Å². The third-order valence-electron chi connectivity index (χ3n) is 4.60. The molecule has 2 fully saturated rings. The Morgan fingerprint density at radius 2 is 2.19 bits per heavy atom. The predicted molar refractivity (Wildman–Crippen MR) is 78.6 cm³/mol. The highest BCUT2D eigenvalue weighted by atomic mass is 16.7. The van der Waals surface area contributed by atoms with E-state index in [1.165, 1.54) is 24.9 Å². The molecule has 21 heavy (non-hydrogen) atoms. The monoisotopic (exact) mass is 290 g/mol. The topological polar surface area (TPSA) is 43.0 Å². The summed E-state index contributed by atoms with van der Waals surface area (Å²) in [4.78, 5) is 2.58. The van der Waals surface area contributed by atoms with Crippen LogP contribution in [0.15, 0.2) is 18.2 Å². The minimum Gasteiger partial charge on any atom is -0.454 e. The van der Waals surface area contributed by atoms with Crippen LogP contribution in [-0.4, -0.2) is 50.1 Å². The second-order valence-corrected chi connectivity index (χ2v) is 6.06. The maximum atomic E-state index is 5.95. The van der Waals surface area contributed by atoms with E-state index in [-0.39, 0.29) is 0 Å². The molecule has 4 rings (SSSR count). The lowest BCUT2D eigenvalue weighted by atomic mass is 10.1. The fourth-order valence-electron chi connectivity index (χ4n) is 3.44. The van der Waals surface area contributed by atoms with Gasteiger partial charge in [-0.05, 0) is 37.1 Å². The molecule has 2 saturated heterocycles. The molecule has 0 amide bonds. The zero-order chi connectivity index (χ0) is 14.1. The van der Waals surface area contributed by atoms with Crippen LogP contribution in [-0.2, 0) is 11.3 Å². The molecule has 0 aliphatic carbocycles. The molecule has 2 unspecified atom stereocenters. The number of fused-ring (bicyclic) bond motifs is 2. The fourth-order valence-corrected chi connectivity index (χ4v) is 3.44. The Morgan fingerprint density at radius 3 is 3.19 bits per heavy atom. The molecule has 1 aromatic carbocycles. The summed E-state index contributed by atoms with van der Waals surface area (Å²) in [5.41, 5.74) is 1.22. The number of morpholine rings is 1. The number of nitrogens with one attached hydrogen (secondary N) is 1.